The van der Waals surface area contributed by atoms with Crippen LogP contribution in [0.5, 0.6) is 0 Å². The minimum absolute atomic E-state index is 0.0347. The molecule has 0 saturated carbocycles. The molecule has 2 aromatic heterocycles. The molecule has 1 aromatic carbocycles. The maximum Gasteiger partial charge on any atom is 0.274 e. The maximum absolute atomic E-state index is 13.7. The van der Waals surface area contributed by atoms with Gasteiger partial charge < -0.3 is 9.80 Å². The number of halogens is 1. The summed E-state index contributed by atoms with van der Waals surface area (Å²) in [6.45, 7) is 6.31. The van der Waals surface area contributed by atoms with Crippen molar-refractivity contribution in [2.75, 3.05) is 24.5 Å². The number of amides is 1. The fourth-order valence-electron chi connectivity index (χ4n) is 4.79. The molecule has 8 heteroatoms. The van der Waals surface area contributed by atoms with Crippen LogP contribution in [0.4, 0.5) is 10.3 Å². The number of anilines is 1. The first-order valence-electron chi connectivity index (χ1n) is 11.1. The number of thiazole rings is 1. The fraction of sp³-hybridized carbons (Fsp3) is 0.417. The molecular formula is C24H26FN5OS. The van der Waals surface area contributed by atoms with Crippen LogP contribution in [0.1, 0.15) is 40.8 Å². The molecule has 2 atom stereocenters. The lowest BCUT2D eigenvalue weighted by atomic mass is 9.91. The van der Waals surface area contributed by atoms with Crippen LogP contribution in [-0.2, 0) is 6.42 Å². The van der Waals surface area contributed by atoms with Gasteiger partial charge in [0.1, 0.15) is 11.5 Å². The van der Waals surface area contributed by atoms with Gasteiger partial charge in [-0.2, -0.15) is 0 Å². The Hall–Kier alpha value is -2.87. The Bertz CT molecular complexity index is 1110. The van der Waals surface area contributed by atoms with Crippen LogP contribution < -0.4 is 4.90 Å². The fourth-order valence-corrected chi connectivity index (χ4v) is 5.71. The Morgan fingerprint density at radius 1 is 1.19 bits per heavy atom. The minimum Gasteiger partial charge on any atom is -0.338 e. The van der Waals surface area contributed by atoms with Gasteiger partial charge in [-0.25, -0.2) is 19.3 Å². The molecular weight excluding hydrogens is 425 g/mol. The number of fused-ring (bicyclic) bond motifs is 1. The van der Waals surface area contributed by atoms with Crippen LogP contribution in [0.2, 0.25) is 0 Å². The summed E-state index contributed by atoms with van der Waals surface area (Å²) in [5.41, 5.74) is 2.42. The lowest BCUT2D eigenvalue weighted by Gasteiger charge is -2.36. The van der Waals surface area contributed by atoms with Crippen molar-refractivity contribution in [3.05, 3.63) is 58.7 Å². The summed E-state index contributed by atoms with van der Waals surface area (Å²) >= 11 is 1.48. The zero-order valence-corrected chi connectivity index (χ0v) is 19.1. The molecule has 0 aliphatic carbocycles. The monoisotopic (exact) mass is 451 g/mol. The predicted molar refractivity (Wildman–Crippen MR) is 123 cm³/mol. The van der Waals surface area contributed by atoms with Gasteiger partial charge in [-0.15, -0.1) is 11.3 Å². The molecule has 0 bridgehead atoms. The molecule has 0 spiro atoms. The van der Waals surface area contributed by atoms with Crippen LogP contribution in [0.3, 0.4) is 0 Å². The van der Waals surface area contributed by atoms with E-state index in [2.05, 4.69) is 26.8 Å². The summed E-state index contributed by atoms with van der Waals surface area (Å²) < 4.78 is 13.4. The number of aromatic nitrogens is 3. The van der Waals surface area contributed by atoms with E-state index in [0.29, 0.717) is 11.6 Å². The number of carbonyl (C=O) groups excluding carboxylic acids is 1. The number of hydrogen-bond donors (Lipinski definition) is 0. The van der Waals surface area contributed by atoms with E-state index in [9.17, 15) is 9.18 Å². The van der Waals surface area contributed by atoms with E-state index in [0.717, 1.165) is 65.9 Å². The first-order valence-corrected chi connectivity index (χ1v) is 12.0. The predicted octanol–water partition coefficient (Wildman–Crippen LogP) is 4.35. The molecule has 166 valence electrons. The number of benzene rings is 1. The van der Waals surface area contributed by atoms with Gasteiger partial charge in [0, 0.05) is 32.0 Å². The first-order chi connectivity index (χ1) is 15.5. The highest BCUT2D eigenvalue weighted by Gasteiger charge is 2.42. The van der Waals surface area contributed by atoms with Gasteiger partial charge in [0.25, 0.3) is 5.91 Å². The highest BCUT2D eigenvalue weighted by Crippen LogP contribution is 2.36. The summed E-state index contributed by atoms with van der Waals surface area (Å²) in [5, 5.41) is 0.832. The van der Waals surface area contributed by atoms with Crippen molar-refractivity contribution in [2.45, 2.75) is 39.2 Å². The van der Waals surface area contributed by atoms with Crippen molar-refractivity contribution >= 4 is 23.2 Å². The molecule has 4 heterocycles. The number of nitrogens with zero attached hydrogens (tertiary/aromatic N) is 5. The Balaban J connectivity index is 1.40. The van der Waals surface area contributed by atoms with E-state index >= 15 is 0 Å². The third-order valence-electron chi connectivity index (χ3n) is 6.47. The summed E-state index contributed by atoms with van der Waals surface area (Å²) in [5.74, 6) is 0.811. The van der Waals surface area contributed by atoms with Crippen molar-refractivity contribution < 1.29 is 9.18 Å². The first kappa shape index (κ1) is 21.0. The van der Waals surface area contributed by atoms with Gasteiger partial charge in [0.05, 0.1) is 15.9 Å². The summed E-state index contributed by atoms with van der Waals surface area (Å²) in [7, 11) is 0. The molecule has 2 aliphatic heterocycles. The van der Waals surface area contributed by atoms with E-state index < -0.39 is 0 Å². The van der Waals surface area contributed by atoms with Crippen LogP contribution in [0, 0.1) is 18.7 Å². The van der Waals surface area contributed by atoms with Crippen LogP contribution >= 0.6 is 11.3 Å². The largest absolute Gasteiger partial charge is 0.338 e. The second kappa shape index (κ2) is 8.58. The van der Waals surface area contributed by atoms with Crippen LogP contribution in [-0.4, -0.2) is 51.4 Å². The SMILES string of the molecule is CCc1cnc(N2C[C@@H]3CCCN(C(=O)c4nc(C)sc4-c4ccc(F)cc4)[C@@H]3C2)nc1. The van der Waals surface area contributed by atoms with Crippen molar-refractivity contribution in [3.63, 3.8) is 0 Å². The molecule has 0 radical (unpaired) electrons. The smallest absolute Gasteiger partial charge is 0.274 e. The van der Waals surface area contributed by atoms with E-state index in [1.54, 1.807) is 12.1 Å². The van der Waals surface area contributed by atoms with Crippen molar-refractivity contribution in [2.24, 2.45) is 5.92 Å². The molecule has 2 saturated heterocycles. The Morgan fingerprint density at radius 2 is 1.94 bits per heavy atom. The highest BCUT2D eigenvalue weighted by atomic mass is 32.1. The van der Waals surface area contributed by atoms with Gasteiger partial charge in [0.15, 0.2) is 0 Å². The van der Waals surface area contributed by atoms with E-state index in [4.69, 9.17) is 0 Å². The quantitative estimate of drug-likeness (QED) is 0.590. The summed E-state index contributed by atoms with van der Waals surface area (Å²) in [6, 6.07) is 6.40. The third kappa shape index (κ3) is 3.88. The number of rotatable bonds is 4. The van der Waals surface area contributed by atoms with Crippen molar-refractivity contribution in [1.29, 1.82) is 0 Å². The Labute approximate surface area is 191 Å². The number of piperidine rings is 1. The van der Waals surface area contributed by atoms with E-state index in [1.807, 2.05) is 24.2 Å². The minimum atomic E-state index is -0.290. The summed E-state index contributed by atoms with van der Waals surface area (Å²) in [6.07, 6.45) is 6.77. The average Bonchev–Trinajstić information content (AvgIpc) is 3.43. The van der Waals surface area contributed by atoms with Gasteiger partial charge >= 0.3 is 0 Å². The molecule has 2 fully saturated rings. The standard InChI is InChI=1S/C24H26FN5OS/c1-3-16-11-26-24(27-12-16)29-13-18-5-4-10-30(20(18)14-29)23(31)21-22(32-15(2)28-21)17-6-8-19(25)9-7-17/h6-9,11-12,18,20H,3-5,10,13-14H2,1-2H3/t18-,20+/m0/s1. The second-order valence-electron chi connectivity index (χ2n) is 8.54. The molecule has 2 aliphatic rings. The Morgan fingerprint density at radius 3 is 2.66 bits per heavy atom. The van der Waals surface area contributed by atoms with Gasteiger partial charge in [-0.1, -0.05) is 19.1 Å². The number of aryl methyl sites for hydroxylation is 2. The van der Waals surface area contributed by atoms with Crippen molar-refractivity contribution in [3.8, 4) is 10.4 Å². The van der Waals surface area contributed by atoms with Crippen LogP contribution in [0.15, 0.2) is 36.7 Å². The second-order valence-corrected chi connectivity index (χ2v) is 9.74. The highest BCUT2D eigenvalue weighted by molar-refractivity contribution is 7.15. The lowest BCUT2D eigenvalue weighted by molar-refractivity contribution is 0.0571. The topological polar surface area (TPSA) is 62.2 Å². The van der Waals surface area contributed by atoms with Gasteiger partial charge in [-0.05, 0) is 55.4 Å². The molecule has 0 unspecified atom stereocenters. The molecule has 1 amide bonds. The number of hydrogen-bond acceptors (Lipinski definition) is 6. The van der Waals surface area contributed by atoms with Crippen LogP contribution in [0.25, 0.3) is 10.4 Å². The molecule has 32 heavy (non-hydrogen) atoms. The molecule has 0 N–H and O–H groups in total. The van der Waals surface area contributed by atoms with Gasteiger partial charge in [-0.3, -0.25) is 4.79 Å². The maximum atomic E-state index is 13.7. The lowest BCUT2D eigenvalue weighted by Crippen LogP contribution is -2.48. The van der Waals surface area contributed by atoms with Crippen molar-refractivity contribution in [1.82, 2.24) is 19.9 Å². The zero-order chi connectivity index (χ0) is 22.2. The Kier molecular flexibility index (Phi) is 5.63. The number of likely N-dealkylation sites (tertiary alicyclic amines) is 1. The number of carbonyl (C=O) groups is 1. The zero-order valence-electron chi connectivity index (χ0n) is 18.3. The van der Waals surface area contributed by atoms with E-state index in [1.165, 1.54) is 23.5 Å². The molecule has 5 rings (SSSR count). The average molecular weight is 452 g/mol. The molecule has 3 aromatic rings. The molecule has 6 nitrogen and oxygen atoms in total. The summed E-state index contributed by atoms with van der Waals surface area (Å²) in [4.78, 5) is 32.4. The van der Waals surface area contributed by atoms with Gasteiger partial charge in [0.2, 0.25) is 5.95 Å². The third-order valence-corrected chi connectivity index (χ3v) is 7.49. The van der Waals surface area contributed by atoms with E-state index in [-0.39, 0.29) is 17.8 Å². The normalized spacial score (nSPS) is 20.5.